The SMILES string of the molecule is C.O=C(O)c1n[nH]c(CO)c1Br. The number of nitrogens with one attached hydrogen (secondary N) is 1. The first kappa shape index (κ1) is 11.1. The molecule has 0 aliphatic carbocycles. The van der Waals surface area contributed by atoms with E-state index in [1.807, 2.05) is 0 Å². The van der Waals surface area contributed by atoms with Gasteiger partial charge in [-0.15, -0.1) is 0 Å². The molecule has 1 rings (SSSR count). The van der Waals surface area contributed by atoms with Gasteiger partial charge in [-0.1, -0.05) is 7.43 Å². The lowest BCUT2D eigenvalue weighted by Gasteiger charge is -1.88. The molecule has 68 valence electrons. The maximum absolute atomic E-state index is 10.4. The van der Waals surface area contributed by atoms with Gasteiger partial charge in [0.2, 0.25) is 0 Å². The summed E-state index contributed by atoms with van der Waals surface area (Å²) in [5.41, 5.74) is 0.247. The third kappa shape index (κ3) is 1.83. The van der Waals surface area contributed by atoms with E-state index in [1.54, 1.807) is 0 Å². The summed E-state index contributed by atoms with van der Waals surface area (Å²) in [7, 11) is 0. The summed E-state index contributed by atoms with van der Waals surface area (Å²) in [6, 6.07) is 0. The lowest BCUT2D eigenvalue weighted by atomic mass is 10.4. The van der Waals surface area contributed by atoms with E-state index in [9.17, 15) is 4.79 Å². The van der Waals surface area contributed by atoms with Gasteiger partial charge in [-0.3, -0.25) is 5.10 Å². The number of nitrogens with zero attached hydrogens (tertiary/aromatic N) is 1. The third-order valence-corrected chi connectivity index (χ3v) is 1.99. The van der Waals surface area contributed by atoms with Gasteiger partial charge < -0.3 is 10.2 Å². The normalized spacial score (nSPS) is 9.17. The number of aromatic amines is 1. The van der Waals surface area contributed by atoms with Crippen LogP contribution in [0.15, 0.2) is 4.47 Å². The lowest BCUT2D eigenvalue weighted by Crippen LogP contribution is -1.97. The Morgan fingerprint density at radius 1 is 1.67 bits per heavy atom. The molecule has 0 aliphatic heterocycles. The monoisotopic (exact) mass is 236 g/mol. The first-order chi connectivity index (χ1) is 5.16. The Hall–Kier alpha value is -0.880. The Morgan fingerprint density at radius 2 is 2.25 bits per heavy atom. The minimum absolute atomic E-state index is 0. The number of rotatable bonds is 2. The highest BCUT2D eigenvalue weighted by atomic mass is 79.9. The number of aromatic carboxylic acids is 1. The number of carboxylic acid groups (broad SMARTS) is 1. The summed E-state index contributed by atoms with van der Waals surface area (Å²) in [5.74, 6) is -1.13. The van der Waals surface area contributed by atoms with Crippen molar-refractivity contribution in [3.63, 3.8) is 0 Å². The number of carboxylic acids is 1. The smallest absolute Gasteiger partial charge is 0.357 e. The number of hydrogen-bond donors (Lipinski definition) is 3. The summed E-state index contributed by atoms with van der Waals surface area (Å²) < 4.78 is 0.299. The second-order valence-corrected chi connectivity index (χ2v) is 2.62. The standard InChI is InChI=1S/C5H5BrN2O3.CH4/c6-3-2(1-9)7-8-4(3)5(10)11;/h9H,1H2,(H,7,8)(H,10,11);1H4. The van der Waals surface area contributed by atoms with E-state index in [4.69, 9.17) is 10.2 Å². The maximum atomic E-state index is 10.4. The molecule has 1 heterocycles. The van der Waals surface area contributed by atoms with E-state index in [0.717, 1.165) is 0 Å². The van der Waals surface area contributed by atoms with E-state index in [0.29, 0.717) is 10.2 Å². The topological polar surface area (TPSA) is 86.2 Å². The number of H-pyrrole nitrogens is 1. The molecule has 1 aromatic rings. The van der Waals surface area contributed by atoms with Crippen LogP contribution in [-0.4, -0.2) is 26.4 Å². The minimum atomic E-state index is -1.13. The van der Waals surface area contributed by atoms with Crippen LogP contribution in [0.4, 0.5) is 0 Å². The van der Waals surface area contributed by atoms with Crippen LogP contribution in [0.3, 0.4) is 0 Å². The number of halogens is 1. The summed E-state index contributed by atoms with van der Waals surface area (Å²) in [4.78, 5) is 10.4. The molecule has 0 unspecified atom stereocenters. The molecule has 0 aromatic carbocycles. The summed E-state index contributed by atoms with van der Waals surface area (Å²) >= 11 is 2.98. The molecule has 0 atom stereocenters. The third-order valence-electron chi connectivity index (χ3n) is 1.14. The fourth-order valence-electron chi connectivity index (χ4n) is 0.611. The lowest BCUT2D eigenvalue weighted by molar-refractivity contribution is 0.0689. The molecule has 0 saturated carbocycles. The molecule has 3 N–H and O–H groups in total. The van der Waals surface area contributed by atoms with Crippen LogP contribution in [0, 0.1) is 0 Å². The van der Waals surface area contributed by atoms with E-state index >= 15 is 0 Å². The highest BCUT2D eigenvalue weighted by Crippen LogP contribution is 2.18. The Labute approximate surface area is 77.5 Å². The largest absolute Gasteiger partial charge is 0.476 e. The van der Waals surface area contributed by atoms with Crippen molar-refractivity contribution in [1.82, 2.24) is 10.2 Å². The van der Waals surface area contributed by atoms with E-state index in [2.05, 4.69) is 26.1 Å². The van der Waals surface area contributed by atoms with Crippen molar-refractivity contribution < 1.29 is 15.0 Å². The molecule has 0 bridgehead atoms. The zero-order valence-corrected chi connectivity index (χ0v) is 6.92. The fourth-order valence-corrected chi connectivity index (χ4v) is 1.08. The number of hydrogen-bond acceptors (Lipinski definition) is 3. The van der Waals surface area contributed by atoms with Crippen LogP contribution < -0.4 is 0 Å². The van der Waals surface area contributed by atoms with Crippen LogP contribution in [0.25, 0.3) is 0 Å². The summed E-state index contributed by atoms with van der Waals surface area (Å²) in [6.07, 6.45) is 0. The molecule has 12 heavy (non-hydrogen) atoms. The van der Waals surface area contributed by atoms with Gasteiger partial charge in [0.1, 0.15) is 0 Å². The Kier molecular flexibility index (Phi) is 3.91. The Balaban J connectivity index is 0.00000121. The van der Waals surface area contributed by atoms with Crippen LogP contribution in [0.2, 0.25) is 0 Å². The van der Waals surface area contributed by atoms with Crippen LogP contribution in [-0.2, 0) is 6.61 Å². The van der Waals surface area contributed by atoms with Gasteiger partial charge in [-0.05, 0) is 15.9 Å². The Morgan fingerprint density at radius 3 is 2.50 bits per heavy atom. The molecule has 0 radical (unpaired) electrons. The fraction of sp³-hybridized carbons (Fsp3) is 0.333. The molecular formula is C6H9BrN2O3. The maximum Gasteiger partial charge on any atom is 0.357 e. The summed E-state index contributed by atoms with van der Waals surface area (Å²) in [6.45, 7) is -0.263. The first-order valence-electron chi connectivity index (χ1n) is 2.73. The van der Waals surface area contributed by atoms with Crippen LogP contribution in [0.5, 0.6) is 0 Å². The van der Waals surface area contributed by atoms with Crippen molar-refractivity contribution in [3.8, 4) is 0 Å². The van der Waals surface area contributed by atoms with Crippen LogP contribution >= 0.6 is 15.9 Å². The summed E-state index contributed by atoms with van der Waals surface area (Å²) in [5, 5.41) is 22.9. The van der Waals surface area contributed by atoms with Crippen LogP contribution in [0.1, 0.15) is 23.6 Å². The molecule has 0 fully saturated rings. The zero-order valence-electron chi connectivity index (χ0n) is 5.33. The second-order valence-electron chi connectivity index (χ2n) is 1.83. The highest BCUT2D eigenvalue weighted by Gasteiger charge is 2.15. The van der Waals surface area contributed by atoms with Gasteiger partial charge in [0.25, 0.3) is 0 Å². The van der Waals surface area contributed by atoms with Crippen molar-refractivity contribution in [2.75, 3.05) is 0 Å². The number of carbonyl (C=O) groups is 1. The zero-order chi connectivity index (χ0) is 8.43. The molecule has 0 spiro atoms. The highest BCUT2D eigenvalue weighted by molar-refractivity contribution is 9.10. The number of aromatic nitrogens is 2. The molecular weight excluding hydrogens is 228 g/mol. The number of aliphatic hydroxyl groups is 1. The quantitative estimate of drug-likeness (QED) is 0.716. The number of aliphatic hydroxyl groups excluding tert-OH is 1. The first-order valence-corrected chi connectivity index (χ1v) is 3.53. The predicted octanol–water partition coefficient (Wildman–Crippen LogP) is 0.999. The van der Waals surface area contributed by atoms with E-state index in [-0.39, 0.29) is 19.7 Å². The molecule has 0 amide bonds. The Bertz CT molecular complexity index is 284. The van der Waals surface area contributed by atoms with Crippen molar-refractivity contribution in [2.45, 2.75) is 14.0 Å². The molecule has 6 heteroatoms. The van der Waals surface area contributed by atoms with Crippen molar-refractivity contribution in [3.05, 3.63) is 15.9 Å². The average Bonchev–Trinajstić information content (AvgIpc) is 2.30. The van der Waals surface area contributed by atoms with Gasteiger partial charge in [-0.25, -0.2) is 4.79 Å². The predicted molar refractivity (Wildman–Crippen MR) is 45.9 cm³/mol. The van der Waals surface area contributed by atoms with E-state index in [1.165, 1.54) is 0 Å². The van der Waals surface area contributed by atoms with E-state index < -0.39 is 5.97 Å². The molecule has 0 aliphatic rings. The minimum Gasteiger partial charge on any atom is -0.476 e. The van der Waals surface area contributed by atoms with Gasteiger partial charge in [0.15, 0.2) is 5.69 Å². The van der Waals surface area contributed by atoms with Gasteiger partial charge in [0, 0.05) is 0 Å². The molecule has 5 nitrogen and oxygen atoms in total. The second kappa shape index (κ2) is 4.22. The van der Waals surface area contributed by atoms with Crippen molar-refractivity contribution in [1.29, 1.82) is 0 Å². The molecule has 1 aromatic heterocycles. The van der Waals surface area contributed by atoms with Gasteiger partial charge in [0.05, 0.1) is 16.8 Å². The van der Waals surface area contributed by atoms with Gasteiger partial charge in [-0.2, -0.15) is 5.10 Å². The van der Waals surface area contributed by atoms with Crippen molar-refractivity contribution in [2.24, 2.45) is 0 Å². The molecule has 0 saturated heterocycles. The average molecular weight is 237 g/mol. The van der Waals surface area contributed by atoms with Gasteiger partial charge >= 0.3 is 5.97 Å². The van der Waals surface area contributed by atoms with Crippen molar-refractivity contribution >= 4 is 21.9 Å².